The number of aliphatic hydroxyl groups is 1. The summed E-state index contributed by atoms with van der Waals surface area (Å²) in [5, 5.41) is 35.4. The molecule has 0 aromatic heterocycles. The number of rotatable bonds is 7. The number of phenols is 1. The number of hydrogen-bond acceptors (Lipinski definition) is 6. The summed E-state index contributed by atoms with van der Waals surface area (Å²) in [5.74, 6) is -3.13. The number of fused-ring (bicyclic) bond motifs is 1. The van der Waals surface area contributed by atoms with E-state index in [4.69, 9.17) is 21.4 Å². The Morgan fingerprint density at radius 2 is 2.06 bits per heavy atom. The first-order valence-corrected chi connectivity index (χ1v) is 9.79. The number of β-amino-alcohol motifs (C(OH)–C–C–N with tert-alkyl or cyclic N) is 1. The van der Waals surface area contributed by atoms with Gasteiger partial charge in [-0.05, 0) is 44.0 Å². The Balaban J connectivity index is 1.76. The number of amides is 1. The number of anilines is 1. The molecule has 2 unspecified atom stereocenters. The standard InChI is InChI=1S/C21H22ClFN2O6/c1-21(2,8-10-3-4-14(23)13(22)5-10)24-9-16(27)12-6-11(26)7-15-17(12)31-18(20(29)30)19(28)25-15/h3-7,16,18,24,26-27H,8-9H2,1-2H3,(H,25,28)(H,29,30). The zero-order valence-corrected chi connectivity index (χ0v) is 17.5. The van der Waals surface area contributed by atoms with Crippen molar-refractivity contribution in [2.75, 3.05) is 11.9 Å². The largest absolute Gasteiger partial charge is 0.508 e. The van der Waals surface area contributed by atoms with E-state index in [2.05, 4.69) is 10.6 Å². The zero-order chi connectivity index (χ0) is 22.9. The van der Waals surface area contributed by atoms with Crippen molar-refractivity contribution in [3.05, 3.63) is 52.3 Å². The van der Waals surface area contributed by atoms with Crippen LogP contribution in [-0.4, -0.2) is 45.4 Å². The Morgan fingerprint density at radius 3 is 2.71 bits per heavy atom. The van der Waals surface area contributed by atoms with E-state index in [1.165, 1.54) is 24.3 Å². The number of nitrogens with one attached hydrogen (secondary N) is 2. The number of ether oxygens (including phenoxy) is 1. The SMILES string of the molecule is CC(C)(Cc1ccc(F)c(Cl)c1)NCC(O)c1cc(O)cc2c1OC(C(=O)O)C(=O)N2. The van der Waals surface area contributed by atoms with Crippen molar-refractivity contribution in [2.24, 2.45) is 0 Å². The monoisotopic (exact) mass is 452 g/mol. The lowest BCUT2D eigenvalue weighted by molar-refractivity contribution is -0.149. The molecule has 8 nitrogen and oxygen atoms in total. The Kier molecular flexibility index (Phi) is 6.40. The van der Waals surface area contributed by atoms with Crippen LogP contribution in [0.1, 0.15) is 31.1 Å². The molecule has 0 fully saturated rings. The molecule has 0 saturated carbocycles. The van der Waals surface area contributed by atoms with Crippen molar-refractivity contribution in [1.82, 2.24) is 5.32 Å². The lowest BCUT2D eigenvalue weighted by atomic mass is 9.94. The number of aliphatic carboxylic acids is 1. The fraction of sp³-hybridized carbons (Fsp3) is 0.333. The fourth-order valence-electron chi connectivity index (χ4n) is 3.34. The van der Waals surface area contributed by atoms with Crippen LogP contribution in [0.15, 0.2) is 30.3 Å². The molecule has 2 atom stereocenters. The van der Waals surface area contributed by atoms with Gasteiger partial charge in [0.05, 0.1) is 16.8 Å². The quantitative estimate of drug-likeness (QED) is 0.408. The van der Waals surface area contributed by atoms with Gasteiger partial charge >= 0.3 is 5.97 Å². The van der Waals surface area contributed by atoms with E-state index in [0.717, 1.165) is 5.56 Å². The summed E-state index contributed by atoms with van der Waals surface area (Å²) in [6.45, 7) is 3.78. The highest BCUT2D eigenvalue weighted by atomic mass is 35.5. The number of carbonyl (C=O) groups is 2. The van der Waals surface area contributed by atoms with Gasteiger partial charge < -0.3 is 30.7 Å². The number of carboxylic acids is 1. The van der Waals surface area contributed by atoms with Gasteiger partial charge in [-0.2, -0.15) is 0 Å². The topological polar surface area (TPSA) is 128 Å². The maximum atomic E-state index is 13.4. The minimum Gasteiger partial charge on any atom is -0.508 e. The molecule has 10 heteroatoms. The summed E-state index contributed by atoms with van der Waals surface area (Å²) in [7, 11) is 0. The molecule has 166 valence electrons. The number of hydrogen-bond donors (Lipinski definition) is 5. The average Bonchev–Trinajstić information content (AvgIpc) is 2.67. The zero-order valence-electron chi connectivity index (χ0n) is 16.8. The molecule has 1 aliphatic rings. The number of carbonyl (C=O) groups excluding carboxylic acids is 1. The van der Waals surface area contributed by atoms with E-state index in [1.807, 2.05) is 13.8 Å². The van der Waals surface area contributed by atoms with Crippen molar-refractivity contribution < 1.29 is 34.0 Å². The molecule has 3 rings (SSSR count). The van der Waals surface area contributed by atoms with Gasteiger partial charge in [0.15, 0.2) is 5.75 Å². The second-order valence-corrected chi connectivity index (χ2v) is 8.35. The van der Waals surface area contributed by atoms with Gasteiger partial charge in [-0.1, -0.05) is 17.7 Å². The second-order valence-electron chi connectivity index (χ2n) is 7.94. The van der Waals surface area contributed by atoms with E-state index in [1.54, 1.807) is 6.07 Å². The fourth-order valence-corrected chi connectivity index (χ4v) is 3.55. The van der Waals surface area contributed by atoms with E-state index in [-0.39, 0.29) is 34.3 Å². The minimum atomic E-state index is -1.77. The summed E-state index contributed by atoms with van der Waals surface area (Å²) < 4.78 is 18.7. The van der Waals surface area contributed by atoms with Crippen LogP contribution >= 0.6 is 11.6 Å². The van der Waals surface area contributed by atoms with E-state index >= 15 is 0 Å². The predicted molar refractivity (Wildman–Crippen MR) is 111 cm³/mol. The van der Waals surface area contributed by atoms with E-state index in [0.29, 0.717) is 6.42 Å². The highest BCUT2D eigenvalue weighted by Gasteiger charge is 2.36. The summed E-state index contributed by atoms with van der Waals surface area (Å²) in [4.78, 5) is 23.1. The average molecular weight is 453 g/mol. The van der Waals surface area contributed by atoms with Gasteiger partial charge in [0.1, 0.15) is 11.6 Å². The second kappa shape index (κ2) is 8.70. The van der Waals surface area contributed by atoms with Crippen LogP contribution < -0.4 is 15.4 Å². The predicted octanol–water partition coefficient (Wildman–Crippen LogP) is 2.61. The molecule has 0 saturated heterocycles. The molecule has 0 radical (unpaired) electrons. The van der Waals surface area contributed by atoms with Gasteiger partial charge in [0.2, 0.25) is 0 Å². The van der Waals surface area contributed by atoms with Crippen LogP contribution in [0, 0.1) is 5.82 Å². The van der Waals surface area contributed by atoms with Gasteiger partial charge in [0, 0.05) is 23.7 Å². The van der Waals surface area contributed by atoms with Crippen molar-refractivity contribution >= 4 is 29.2 Å². The number of carboxylic acid groups (broad SMARTS) is 1. The summed E-state index contributed by atoms with van der Waals surface area (Å²) in [5.41, 5.74) is 0.451. The first-order valence-electron chi connectivity index (χ1n) is 9.41. The molecule has 0 bridgehead atoms. The highest BCUT2D eigenvalue weighted by molar-refractivity contribution is 6.30. The minimum absolute atomic E-state index is 0.0203. The maximum Gasteiger partial charge on any atom is 0.354 e. The lowest BCUT2D eigenvalue weighted by Gasteiger charge is -2.30. The summed E-state index contributed by atoms with van der Waals surface area (Å²) in [6, 6.07) is 6.89. The Hall–Kier alpha value is -2.88. The first kappa shape index (κ1) is 22.8. The highest BCUT2D eigenvalue weighted by Crippen LogP contribution is 2.40. The third kappa shape index (κ3) is 5.25. The Labute approximate surface area is 182 Å². The van der Waals surface area contributed by atoms with Crippen molar-refractivity contribution in [3.8, 4) is 11.5 Å². The molecule has 1 aliphatic heterocycles. The molecule has 1 heterocycles. The number of aliphatic hydroxyl groups excluding tert-OH is 1. The molecular weight excluding hydrogens is 431 g/mol. The summed E-state index contributed by atoms with van der Waals surface area (Å²) >= 11 is 5.83. The van der Waals surface area contributed by atoms with Crippen LogP contribution in [0.5, 0.6) is 11.5 Å². The lowest BCUT2D eigenvalue weighted by Crippen LogP contribution is -2.44. The number of halogens is 2. The number of benzene rings is 2. The van der Waals surface area contributed by atoms with Crippen LogP contribution in [0.3, 0.4) is 0 Å². The number of phenolic OH excluding ortho intramolecular Hbond substituents is 1. The van der Waals surface area contributed by atoms with Crippen molar-refractivity contribution in [2.45, 2.75) is 38.0 Å². The van der Waals surface area contributed by atoms with E-state index < -0.39 is 35.4 Å². The molecular formula is C21H22ClFN2O6. The molecule has 2 aromatic carbocycles. The molecule has 5 N–H and O–H groups in total. The molecule has 0 spiro atoms. The third-order valence-corrected chi connectivity index (χ3v) is 5.11. The van der Waals surface area contributed by atoms with Crippen molar-refractivity contribution in [1.29, 1.82) is 0 Å². The smallest absolute Gasteiger partial charge is 0.354 e. The molecule has 31 heavy (non-hydrogen) atoms. The van der Waals surface area contributed by atoms with Gasteiger partial charge in [-0.25, -0.2) is 9.18 Å². The Morgan fingerprint density at radius 1 is 1.35 bits per heavy atom. The van der Waals surface area contributed by atoms with Crippen LogP contribution in [-0.2, 0) is 16.0 Å². The molecule has 2 aromatic rings. The number of aromatic hydroxyl groups is 1. The third-order valence-electron chi connectivity index (χ3n) is 4.82. The van der Waals surface area contributed by atoms with Crippen molar-refractivity contribution in [3.63, 3.8) is 0 Å². The van der Waals surface area contributed by atoms with Gasteiger partial charge in [0.25, 0.3) is 12.0 Å². The molecule has 1 amide bonds. The van der Waals surface area contributed by atoms with Crippen LogP contribution in [0.4, 0.5) is 10.1 Å². The summed E-state index contributed by atoms with van der Waals surface area (Å²) in [6.07, 6.45) is -2.48. The first-order chi connectivity index (χ1) is 14.5. The Bertz CT molecular complexity index is 1030. The van der Waals surface area contributed by atoms with E-state index in [9.17, 15) is 24.2 Å². The van der Waals surface area contributed by atoms with Gasteiger partial charge in [-0.3, -0.25) is 4.79 Å². The maximum absolute atomic E-state index is 13.4. The van der Waals surface area contributed by atoms with Crippen LogP contribution in [0.2, 0.25) is 5.02 Å². The normalized spacial score (nSPS) is 16.8. The molecule has 0 aliphatic carbocycles. The van der Waals surface area contributed by atoms with Crippen LogP contribution in [0.25, 0.3) is 0 Å². The van der Waals surface area contributed by atoms with Gasteiger partial charge in [-0.15, -0.1) is 0 Å².